The Labute approximate surface area is 187 Å². The van der Waals surface area contributed by atoms with Gasteiger partial charge in [-0.05, 0) is 86.9 Å². The molecular weight excluding hydrogens is 360 g/mol. The van der Waals surface area contributed by atoms with E-state index in [2.05, 4.69) is 26.0 Å². The summed E-state index contributed by atoms with van der Waals surface area (Å²) < 4.78 is 0. The van der Waals surface area contributed by atoms with E-state index in [0.29, 0.717) is 0 Å². The van der Waals surface area contributed by atoms with Crippen molar-refractivity contribution < 1.29 is 0 Å². The Balaban J connectivity index is 1.13. The van der Waals surface area contributed by atoms with Gasteiger partial charge in [0.1, 0.15) is 0 Å². The fourth-order valence-electron chi connectivity index (χ4n) is 8.73. The van der Waals surface area contributed by atoms with Crippen LogP contribution in [0.1, 0.15) is 117 Å². The molecule has 0 aromatic carbocycles. The molecule has 3 saturated carbocycles. The molecule has 0 aromatic heterocycles. The van der Waals surface area contributed by atoms with Gasteiger partial charge in [-0.25, -0.2) is 0 Å². The van der Waals surface area contributed by atoms with Crippen LogP contribution in [0.3, 0.4) is 0 Å². The molecule has 0 aliphatic heterocycles. The van der Waals surface area contributed by atoms with Gasteiger partial charge in [-0.3, -0.25) is 0 Å². The van der Waals surface area contributed by atoms with Gasteiger partial charge in [-0.2, -0.15) is 0 Å². The summed E-state index contributed by atoms with van der Waals surface area (Å²) in [7, 11) is 0. The van der Waals surface area contributed by atoms with Crippen LogP contribution in [0.2, 0.25) is 0 Å². The summed E-state index contributed by atoms with van der Waals surface area (Å²) in [4.78, 5) is 0. The minimum atomic E-state index is 0.802. The normalized spacial score (nSPS) is 39.5. The van der Waals surface area contributed by atoms with Gasteiger partial charge in [0.15, 0.2) is 0 Å². The Bertz CT molecular complexity index is 618. The molecule has 168 valence electrons. The molecule has 0 N–H and O–H groups in total. The summed E-state index contributed by atoms with van der Waals surface area (Å²) in [5, 5.41) is 0. The van der Waals surface area contributed by atoms with E-state index in [1.54, 1.807) is 31.3 Å². The summed E-state index contributed by atoms with van der Waals surface area (Å²) in [6, 6.07) is 0. The first-order chi connectivity index (χ1) is 14.7. The lowest BCUT2D eigenvalue weighted by Crippen LogP contribution is -2.24. The van der Waals surface area contributed by atoms with Crippen molar-refractivity contribution >= 4 is 0 Å². The molecule has 3 fully saturated rings. The molecule has 5 rings (SSSR count). The third kappa shape index (κ3) is 4.49. The predicted octanol–water partition coefficient (Wildman–Crippen LogP) is 9.12. The average molecular weight is 409 g/mol. The molecular formula is C30H48. The second kappa shape index (κ2) is 9.54. The first-order valence-corrected chi connectivity index (χ1v) is 14.1. The summed E-state index contributed by atoms with van der Waals surface area (Å²) in [6.07, 6.45) is 29.7. The zero-order valence-corrected chi connectivity index (χ0v) is 20.1. The van der Waals surface area contributed by atoms with Crippen LogP contribution in [-0.4, -0.2) is 0 Å². The maximum absolute atomic E-state index is 2.76. The monoisotopic (exact) mass is 408 g/mol. The summed E-state index contributed by atoms with van der Waals surface area (Å²) in [6.45, 7) is 5.02. The van der Waals surface area contributed by atoms with Gasteiger partial charge in [0, 0.05) is 5.92 Å². The number of allylic oxidation sites excluding steroid dienone is 4. The minimum absolute atomic E-state index is 0.802. The Morgan fingerprint density at radius 2 is 1.33 bits per heavy atom. The lowest BCUT2D eigenvalue weighted by molar-refractivity contribution is 0.158. The van der Waals surface area contributed by atoms with Crippen molar-refractivity contribution in [1.82, 2.24) is 0 Å². The molecule has 0 heterocycles. The van der Waals surface area contributed by atoms with Crippen molar-refractivity contribution in [2.45, 2.75) is 117 Å². The van der Waals surface area contributed by atoms with Gasteiger partial charge in [0.2, 0.25) is 0 Å². The van der Waals surface area contributed by atoms with Gasteiger partial charge in [0.25, 0.3) is 0 Å². The zero-order chi connectivity index (χ0) is 20.5. The molecule has 5 aliphatic rings. The van der Waals surface area contributed by atoms with Crippen LogP contribution < -0.4 is 0 Å². The first-order valence-electron chi connectivity index (χ1n) is 14.1. The highest BCUT2D eigenvalue weighted by atomic mass is 14.5. The maximum atomic E-state index is 2.76. The van der Waals surface area contributed by atoms with Crippen LogP contribution >= 0.6 is 0 Å². The lowest BCUT2D eigenvalue weighted by atomic mass is 9.69. The molecule has 0 heteroatoms. The largest absolute Gasteiger partial charge is 0.0813 e. The topological polar surface area (TPSA) is 0 Å². The van der Waals surface area contributed by atoms with Crippen molar-refractivity contribution in [2.24, 2.45) is 47.3 Å². The maximum Gasteiger partial charge on any atom is 0.00139 e. The second-order valence-corrected chi connectivity index (χ2v) is 12.3. The highest BCUT2D eigenvalue weighted by molar-refractivity contribution is 5.31. The van der Waals surface area contributed by atoms with Crippen LogP contribution in [0, 0.1) is 47.3 Å². The van der Waals surface area contributed by atoms with Crippen LogP contribution in [0.15, 0.2) is 23.3 Å². The van der Waals surface area contributed by atoms with Gasteiger partial charge in [0.05, 0.1) is 0 Å². The number of hydrogen-bond acceptors (Lipinski definition) is 0. The molecule has 5 aliphatic carbocycles. The smallest absolute Gasteiger partial charge is 0.00139 e. The molecule has 3 unspecified atom stereocenters. The Morgan fingerprint density at radius 3 is 2.00 bits per heavy atom. The molecule has 4 atom stereocenters. The first kappa shape index (κ1) is 21.3. The van der Waals surface area contributed by atoms with Crippen molar-refractivity contribution in [1.29, 1.82) is 0 Å². The fraction of sp³-hybridized carbons (Fsp3) is 0.867. The van der Waals surface area contributed by atoms with Crippen LogP contribution in [-0.2, 0) is 0 Å². The average Bonchev–Trinajstić information content (AvgIpc) is 3.36. The highest BCUT2D eigenvalue weighted by Crippen LogP contribution is 2.53. The Morgan fingerprint density at radius 1 is 0.733 bits per heavy atom. The van der Waals surface area contributed by atoms with Crippen LogP contribution in [0.4, 0.5) is 0 Å². The summed E-state index contributed by atoms with van der Waals surface area (Å²) >= 11 is 0. The Kier molecular flexibility index (Phi) is 6.78. The van der Waals surface area contributed by atoms with Crippen molar-refractivity contribution in [3.63, 3.8) is 0 Å². The molecule has 0 saturated heterocycles. The van der Waals surface area contributed by atoms with Gasteiger partial charge in [-0.15, -0.1) is 0 Å². The number of hydrogen-bond donors (Lipinski definition) is 0. The van der Waals surface area contributed by atoms with Crippen molar-refractivity contribution in [3.05, 3.63) is 23.3 Å². The quantitative estimate of drug-likeness (QED) is 0.398. The lowest BCUT2D eigenvalue weighted by Gasteiger charge is -2.36. The third-order valence-corrected chi connectivity index (χ3v) is 10.5. The van der Waals surface area contributed by atoms with E-state index in [0.717, 1.165) is 47.3 Å². The minimum Gasteiger partial charge on any atom is -0.0813 e. The third-order valence-electron chi connectivity index (χ3n) is 10.5. The molecule has 0 radical (unpaired) electrons. The van der Waals surface area contributed by atoms with Gasteiger partial charge >= 0.3 is 0 Å². The van der Waals surface area contributed by atoms with Gasteiger partial charge in [-0.1, -0.05) is 94.4 Å². The molecule has 0 aromatic rings. The van der Waals surface area contributed by atoms with E-state index in [9.17, 15) is 0 Å². The molecule has 0 bridgehead atoms. The molecule has 0 spiro atoms. The fourth-order valence-corrected chi connectivity index (χ4v) is 8.73. The summed E-state index contributed by atoms with van der Waals surface area (Å²) in [5.41, 5.74) is 3.57. The summed E-state index contributed by atoms with van der Waals surface area (Å²) in [5.74, 6) is 7.69. The van der Waals surface area contributed by atoms with Gasteiger partial charge < -0.3 is 0 Å². The molecule has 0 nitrogen and oxygen atoms in total. The highest BCUT2D eigenvalue weighted by Gasteiger charge is 2.42. The zero-order valence-electron chi connectivity index (χ0n) is 20.1. The van der Waals surface area contributed by atoms with Crippen molar-refractivity contribution in [2.75, 3.05) is 0 Å². The van der Waals surface area contributed by atoms with Crippen LogP contribution in [0.25, 0.3) is 0 Å². The number of rotatable bonds is 5. The van der Waals surface area contributed by atoms with E-state index in [1.165, 1.54) is 77.0 Å². The molecule has 30 heavy (non-hydrogen) atoms. The SMILES string of the molecule is CC1=CC(C2CCCCC2)C2CC([C@H](C)CC3CCC(C4CCCCC4)CC3)=CC12. The van der Waals surface area contributed by atoms with E-state index >= 15 is 0 Å². The standard InChI is InChI=1S/C30H48/c1-21(17-23-13-15-25(16-14-23)24-9-5-3-6-10-24)27-19-28-22(2)18-29(30(28)20-27)26-11-7-4-8-12-26/h18-19,21,23-26,28-30H,3-17,20H2,1-2H3/t21-,23?,25?,28?,29?,30?/m1/s1. The van der Waals surface area contributed by atoms with E-state index < -0.39 is 0 Å². The van der Waals surface area contributed by atoms with Crippen molar-refractivity contribution in [3.8, 4) is 0 Å². The molecule has 0 amide bonds. The predicted molar refractivity (Wildman–Crippen MR) is 129 cm³/mol. The van der Waals surface area contributed by atoms with Crippen LogP contribution in [0.5, 0.6) is 0 Å². The number of fused-ring (bicyclic) bond motifs is 1. The second-order valence-electron chi connectivity index (χ2n) is 12.3. The van der Waals surface area contributed by atoms with E-state index in [1.807, 2.05) is 5.57 Å². The van der Waals surface area contributed by atoms with E-state index in [4.69, 9.17) is 0 Å². The Hall–Kier alpha value is -0.520. The van der Waals surface area contributed by atoms with E-state index in [-0.39, 0.29) is 0 Å².